The summed E-state index contributed by atoms with van der Waals surface area (Å²) in [6.45, 7) is 4.86. The summed E-state index contributed by atoms with van der Waals surface area (Å²) < 4.78 is 12.0. The van der Waals surface area contributed by atoms with Crippen molar-refractivity contribution in [2.45, 2.75) is 67.9 Å². The number of halogens is 1. The number of alkyl carbamates (subject to hydrolysis) is 1. The molecule has 1 fully saturated rings. The van der Waals surface area contributed by atoms with E-state index >= 15 is 0 Å². The molecule has 0 saturated carbocycles. The summed E-state index contributed by atoms with van der Waals surface area (Å²) in [5, 5.41) is 8.86. The van der Waals surface area contributed by atoms with Crippen LogP contribution in [0.1, 0.15) is 62.6 Å². The first-order valence-electron chi connectivity index (χ1n) is 17.5. The highest BCUT2D eigenvalue weighted by Gasteiger charge is 2.35. The molecule has 1 aliphatic carbocycles. The maximum atomic E-state index is 13.5. The van der Waals surface area contributed by atoms with Gasteiger partial charge in [-0.1, -0.05) is 97.1 Å². The highest BCUT2D eigenvalue weighted by molar-refractivity contribution is 14.1. The molecule has 3 aliphatic rings. The molecule has 3 aromatic rings. The predicted molar refractivity (Wildman–Crippen MR) is 210 cm³/mol. The molecule has 0 radical (unpaired) electrons. The van der Waals surface area contributed by atoms with Crippen LogP contribution in [-0.2, 0) is 26.3 Å². The van der Waals surface area contributed by atoms with E-state index in [2.05, 4.69) is 94.9 Å². The van der Waals surface area contributed by atoms with Crippen LogP contribution in [0.4, 0.5) is 16.2 Å². The third kappa shape index (κ3) is 8.49. The molecule has 1 saturated heterocycles. The number of allylic oxidation sites excluding steroid dienone is 4. The second-order valence-corrected chi connectivity index (χ2v) is 15.0. The van der Waals surface area contributed by atoms with Crippen LogP contribution in [0.2, 0.25) is 0 Å². The van der Waals surface area contributed by atoms with Gasteiger partial charge in [-0.15, -0.1) is 0 Å². The normalized spacial score (nSPS) is 17.5. The summed E-state index contributed by atoms with van der Waals surface area (Å²) in [4.78, 5) is 40.2. The van der Waals surface area contributed by atoms with Gasteiger partial charge in [0, 0.05) is 45.9 Å². The average molecular weight is 801 g/mol. The molecule has 3 N–H and O–H groups in total. The van der Waals surface area contributed by atoms with Crippen LogP contribution in [-0.4, -0.2) is 52.9 Å². The van der Waals surface area contributed by atoms with Gasteiger partial charge in [0.05, 0.1) is 0 Å². The number of likely N-dealkylation sites (tertiary alicyclic amines) is 1. The molecule has 6 rings (SSSR count). The van der Waals surface area contributed by atoms with E-state index in [1.165, 1.54) is 21.6 Å². The second-order valence-electron chi connectivity index (χ2n) is 13.7. The molecule has 266 valence electrons. The average Bonchev–Trinajstić information content (AvgIpc) is 3.65. The van der Waals surface area contributed by atoms with Gasteiger partial charge in [-0.25, -0.2) is 4.79 Å². The Hall–Kier alpha value is -4.58. The largest absolute Gasteiger partial charge is 0.456 e. The van der Waals surface area contributed by atoms with Crippen LogP contribution in [0.3, 0.4) is 0 Å². The summed E-state index contributed by atoms with van der Waals surface area (Å²) in [6.07, 6.45) is 10.2. The molecule has 51 heavy (non-hydrogen) atoms. The molecule has 10 heteroatoms. The minimum atomic E-state index is -0.682. The number of para-hydroxylation sites is 1. The number of hydrogen-bond donors (Lipinski definition) is 3. The van der Waals surface area contributed by atoms with Gasteiger partial charge in [0.2, 0.25) is 11.8 Å². The van der Waals surface area contributed by atoms with Crippen LogP contribution < -0.4 is 20.7 Å². The highest BCUT2D eigenvalue weighted by Crippen LogP contribution is 2.42. The van der Waals surface area contributed by atoms with Gasteiger partial charge >= 0.3 is 6.09 Å². The molecule has 0 aromatic heterocycles. The highest BCUT2D eigenvalue weighted by atomic mass is 127. The van der Waals surface area contributed by atoms with Gasteiger partial charge in [0.1, 0.15) is 30.7 Å². The van der Waals surface area contributed by atoms with E-state index in [4.69, 9.17) is 9.47 Å². The van der Waals surface area contributed by atoms with Crippen molar-refractivity contribution in [2.24, 2.45) is 0 Å². The Labute approximate surface area is 313 Å². The number of nitrogens with one attached hydrogen (secondary N) is 3. The number of ether oxygens (including phenoxy) is 2. The number of anilines is 2. The number of fused-ring (bicyclic) bond motifs is 2. The molecule has 9 nitrogen and oxygen atoms in total. The van der Waals surface area contributed by atoms with Gasteiger partial charge in [0.15, 0.2) is 0 Å². The fraction of sp³-hybridized carbons (Fsp3) is 0.341. The van der Waals surface area contributed by atoms with Crippen molar-refractivity contribution in [1.29, 1.82) is 0 Å². The summed E-state index contributed by atoms with van der Waals surface area (Å²) in [6, 6.07) is 22.8. The van der Waals surface area contributed by atoms with Crippen LogP contribution in [0.15, 0.2) is 102 Å². The van der Waals surface area contributed by atoms with Gasteiger partial charge in [-0.2, -0.15) is 0 Å². The lowest BCUT2D eigenvalue weighted by Gasteiger charge is -2.31. The molecular weight excluding hydrogens is 755 g/mol. The maximum absolute atomic E-state index is 13.5. The molecule has 0 bridgehead atoms. The number of hydrogen-bond acceptors (Lipinski definition) is 6. The Bertz CT molecular complexity index is 1870. The Morgan fingerprint density at radius 1 is 1.04 bits per heavy atom. The van der Waals surface area contributed by atoms with E-state index in [0.29, 0.717) is 30.8 Å². The quantitative estimate of drug-likeness (QED) is 0.134. The van der Waals surface area contributed by atoms with Crippen LogP contribution in [0.5, 0.6) is 5.75 Å². The van der Waals surface area contributed by atoms with Crippen molar-refractivity contribution in [3.8, 4) is 5.75 Å². The van der Waals surface area contributed by atoms with Crippen molar-refractivity contribution in [1.82, 2.24) is 10.2 Å². The topological polar surface area (TPSA) is 109 Å². The summed E-state index contributed by atoms with van der Waals surface area (Å²) >= 11 is 2.53. The first-order chi connectivity index (χ1) is 24.6. The lowest BCUT2D eigenvalue weighted by molar-refractivity contribution is -0.135. The third-order valence-electron chi connectivity index (χ3n) is 9.82. The zero-order chi connectivity index (χ0) is 36.0. The molecular formula is C41H45IN4O5. The summed E-state index contributed by atoms with van der Waals surface area (Å²) in [5.41, 5.74) is 7.09. The lowest BCUT2D eigenvalue weighted by atomic mass is 9.80. The Morgan fingerprint density at radius 2 is 1.82 bits per heavy atom. The molecule has 3 aromatic carbocycles. The standard InChI is InChI=1S/C41H45IN4O5/c1-41(2,32-15-7-8-16-33(32)43-3)36(42)21-19-28-13-9-14-30-23-29-18-20-31(24-35(29)51-38(28)30)45-39(48)34-17-10-22-46(34)37(47)25-44-40(49)50-26-27-11-5-4-6-12-27/h4-8,11-12,15-16,18-21,23-24,34,36,43H,9-10,13-14,17,22,25-26H2,1-3H3,(H,44,49)(H,45,48)/b21-19+. The molecule has 2 heterocycles. The minimum Gasteiger partial charge on any atom is -0.456 e. The molecule has 2 unspecified atom stereocenters. The van der Waals surface area contributed by atoms with Crippen molar-refractivity contribution < 1.29 is 23.9 Å². The van der Waals surface area contributed by atoms with Gasteiger partial charge in [-0.05, 0) is 78.7 Å². The van der Waals surface area contributed by atoms with Crippen molar-refractivity contribution in [3.63, 3.8) is 0 Å². The third-order valence-corrected chi connectivity index (χ3v) is 11.8. The van der Waals surface area contributed by atoms with E-state index in [1.807, 2.05) is 55.6 Å². The number of benzene rings is 3. The van der Waals surface area contributed by atoms with E-state index in [1.54, 1.807) is 0 Å². The predicted octanol–water partition coefficient (Wildman–Crippen LogP) is 8.14. The molecule has 2 atom stereocenters. The van der Waals surface area contributed by atoms with Crippen molar-refractivity contribution in [3.05, 3.63) is 119 Å². The number of amides is 3. The molecule has 3 amide bonds. The number of nitrogens with zero attached hydrogens (tertiary/aromatic N) is 1. The first-order valence-corrected chi connectivity index (χ1v) is 18.8. The lowest BCUT2D eigenvalue weighted by Crippen LogP contribution is -2.47. The summed E-state index contributed by atoms with van der Waals surface area (Å²) in [5.74, 6) is 0.985. The van der Waals surface area contributed by atoms with Crippen molar-refractivity contribution in [2.75, 3.05) is 30.8 Å². The van der Waals surface area contributed by atoms with Crippen molar-refractivity contribution >= 4 is 57.9 Å². The SMILES string of the molecule is CNc1ccccc1C(C)(C)C(I)/C=C/C1=C2Oc3cc(NC(=O)C4CCCN4C(=O)CNC(=O)OCc4ccccc4)ccc3C=C2CCC1. The zero-order valence-corrected chi connectivity index (χ0v) is 31.5. The molecule has 0 spiro atoms. The minimum absolute atomic E-state index is 0.104. The van der Waals surface area contributed by atoms with Gasteiger partial charge in [0.25, 0.3) is 0 Å². The van der Waals surface area contributed by atoms with Crippen LogP contribution >= 0.6 is 22.6 Å². The smallest absolute Gasteiger partial charge is 0.407 e. The Morgan fingerprint density at radius 3 is 2.63 bits per heavy atom. The molecule has 2 aliphatic heterocycles. The fourth-order valence-electron chi connectivity index (χ4n) is 6.89. The van der Waals surface area contributed by atoms with E-state index in [9.17, 15) is 14.4 Å². The number of carbonyl (C=O) groups excluding carboxylic acids is 3. The Balaban J connectivity index is 1.09. The maximum Gasteiger partial charge on any atom is 0.407 e. The second kappa shape index (κ2) is 16.2. The zero-order valence-electron chi connectivity index (χ0n) is 29.3. The number of rotatable bonds is 11. The van der Waals surface area contributed by atoms with Crippen LogP contribution in [0.25, 0.3) is 6.08 Å². The van der Waals surface area contributed by atoms with Gasteiger partial charge < -0.3 is 30.3 Å². The summed E-state index contributed by atoms with van der Waals surface area (Å²) in [7, 11) is 1.96. The van der Waals surface area contributed by atoms with E-state index < -0.39 is 12.1 Å². The number of alkyl halides is 1. The number of carbonyl (C=O) groups is 3. The monoisotopic (exact) mass is 800 g/mol. The van der Waals surface area contributed by atoms with Crippen LogP contribution in [0, 0.1) is 0 Å². The fourth-order valence-corrected chi connectivity index (χ4v) is 7.43. The van der Waals surface area contributed by atoms with E-state index in [0.717, 1.165) is 41.8 Å². The van der Waals surface area contributed by atoms with E-state index in [-0.39, 0.29) is 34.3 Å². The Kier molecular flexibility index (Phi) is 11.5. The van der Waals surface area contributed by atoms with Gasteiger partial charge in [-0.3, -0.25) is 9.59 Å². The first kappa shape index (κ1) is 36.2.